The van der Waals surface area contributed by atoms with Crippen LogP contribution in [0.25, 0.3) is 0 Å². The zero-order valence-corrected chi connectivity index (χ0v) is 17.5. The van der Waals surface area contributed by atoms with Crippen molar-refractivity contribution >= 4 is 27.3 Å². The van der Waals surface area contributed by atoms with Crippen molar-refractivity contribution in [3.8, 4) is 11.5 Å². The summed E-state index contributed by atoms with van der Waals surface area (Å²) >= 11 is 0. The molecule has 0 aliphatic rings. The van der Waals surface area contributed by atoms with Crippen molar-refractivity contribution in [1.82, 2.24) is 0 Å². The Morgan fingerprint density at radius 1 is 0.867 bits per heavy atom. The maximum absolute atomic E-state index is 12.2. The van der Waals surface area contributed by atoms with E-state index in [0.717, 1.165) is 5.75 Å². The highest BCUT2D eigenvalue weighted by Gasteiger charge is 2.17. The van der Waals surface area contributed by atoms with Gasteiger partial charge in [0, 0.05) is 18.7 Å². The number of nitrogens with one attached hydrogen (secondary N) is 1. The van der Waals surface area contributed by atoms with Crippen molar-refractivity contribution in [3.05, 3.63) is 84.9 Å². The summed E-state index contributed by atoms with van der Waals surface area (Å²) in [5.74, 6) is 1.24. The van der Waals surface area contributed by atoms with E-state index in [2.05, 4.69) is 5.32 Å². The van der Waals surface area contributed by atoms with Crippen LogP contribution in [0.2, 0.25) is 0 Å². The quantitative estimate of drug-likeness (QED) is 0.542. The van der Waals surface area contributed by atoms with Gasteiger partial charge >= 0.3 is 0 Å². The molecule has 0 aliphatic carbocycles. The van der Waals surface area contributed by atoms with Crippen molar-refractivity contribution < 1.29 is 17.9 Å². The van der Waals surface area contributed by atoms with E-state index >= 15 is 0 Å². The molecular weight excluding hydrogens is 400 g/mol. The maximum atomic E-state index is 12.2. The Morgan fingerprint density at radius 3 is 2.03 bits per heavy atom. The molecule has 0 fully saturated rings. The van der Waals surface area contributed by atoms with E-state index in [1.54, 1.807) is 48.5 Å². The van der Waals surface area contributed by atoms with Gasteiger partial charge in [-0.25, -0.2) is 8.42 Å². The van der Waals surface area contributed by atoms with Crippen LogP contribution in [0, 0.1) is 0 Å². The number of hydrogen-bond acceptors (Lipinski definition) is 4. The van der Waals surface area contributed by atoms with Crippen LogP contribution >= 0.6 is 0 Å². The van der Waals surface area contributed by atoms with E-state index in [1.807, 2.05) is 36.4 Å². The van der Waals surface area contributed by atoms with Crippen molar-refractivity contribution in [3.63, 3.8) is 0 Å². The molecule has 3 aromatic rings. The molecule has 0 saturated carbocycles. The highest BCUT2D eigenvalue weighted by atomic mass is 32.2. The SMILES string of the molecule is CS(=O)(=O)N(CCCC(=O)Nc1ccc(Oc2ccccc2)cc1)c1ccccc1. The van der Waals surface area contributed by atoms with E-state index in [0.29, 0.717) is 23.5 Å². The predicted molar refractivity (Wildman–Crippen MR) is 119 cm³/mol. The zero-order valence-electron chi connectivity index (χ0n) is 16.7. The summed E-state index contributed by atoms with van der Waals surface area (Å²) in [5, 5.41) is 2.82. The number of rotatable bonds is 9. The molecule has 1 N–H and O–H groups in total. The molecule has 0 atom stereocenters. The van der Waals surface area contributed by atoms with Gasteiger partial charge in [0.1, 0.15) is 11.5 Å². The lowest BCUT2D eigenvalue weighted by molar-refractivity contribution is -0.116. The molecule has 0 unspecified atom stereocenters. The summed E-state index contributed by atoms with van der Waals surface area (Å²) < 4.78 is 31.2. The Morgan fingerprint density at radius 2 is 1.43 bits per heavy atom. The van der Waals surface area contributed by atoms with Gasteiger partial charge < -0.3 is 10.1 Å². The van der Waals surface area contributed by atoms with Crippen LogP contribution in [0.15, 0.2) is 84.9 Å². The average molecular weight is 425 g/mol. The molecule has 0 radical (unpaired) electrons. The number of nitrogens with zero attached hydrogens (tertiary/aromatic N) is 1. The first-order chi connectivity index (χ1) is 14.4. The Hall–Kier alpha value is -3.32. The van der Waals surface area contributed by atoms with Crippen LogP contribution in [0.3, 0.4) is 0 Å². The number of amides is 1. The van der Waals surface area contributed by atoms with Crippen molar-refractivity contribution in [2.75, 3.05) is 22.4 Å². The van der Waals surface area contributed by atoms with Gasteiger partial charge in [0.2, 0.25) is 15.9 Å². The molecule has 0 bridgehead atoms. The van der Waals surface area contributed by atoms with Crippen molar-refractivity contribution in [2.45, 2.75) is 12.8 Å². The number of anilines is 2. The summed E-state index contributed by atoms with van der Waals surface area (Å²) in [5.41, 5.74) is 1.25. The second kappa shape index (κ2) is 9.93. The molecule has 7 heteroatoms. The largest absolute Gasteiger partial charge is 0.457 e. The Bertz CT molecular complexity index is 1050. The molecule has 1 amide bonds. The summed E-state index contributed by atoms with van der Waals surface area (Å²) in [4.78, 5) is 12.2. The number of ether oxygens (including phenoxy) is 1. The lowest BCUT2D eigenvalue weighted by Crippen LogP contribution is -2.31. The third-order valence-electron chi connectivity index (χ3n) is 4.33. The first-order valence-corrected chi connectivity index (χ1v) is 11.4. The fourth-order valence-electron chi connectivity index (χ4n) is 2.92. The van der Waals surface area contributed by atoms with Crippen LogP contribution in [0.1, 0.15) is 12.8 Å². The second-order valence-electron chi connectivity index (χ2n) is 6.76. The lowest BCUT2D eigenvalue weighted by Gasteiger charge is -2.22. The van der Waals surface area contributed by atoms with Crippen LogP contribution in [0.4, 0.5) is 11.4 Å². The fourth-order valence-corrected chi connectivity index (χ4v) is 3.88. The Kier molecular flexibility index (Phi) is 7.08. The highest BCUT2D eigenvalue weighted by molar-refractivity contribution is 7.92. The average Bonchev–Trinajstić information content (AvgIpc) is 2.73. The fraction of sp³-hybridized carbons (Fsp3) is 0.174. The van der Waals surface area contributed by atoms with E-state index in [1.165, 1.54) is 10.6 Å². The molecule has 3 rings (SSSR count). The van der Waals surface area contributed by atoms with Gasteiger partial charge in [0.15, 0.2) is 0 Å². The number of benzene rings is 3. The minimum atomic E-state index is -3.42. The summed E-state index contributed by atoms with van der Waals surface area (Å²) in [7, 11) is -3.42. The highest BCUT2D eigenvalue weighted by Crippen LogP contribution is 2.23. The Balaban J connectivity index is 1.50. The molecule has 156 valence electrons. The molecule has 0 saturated heterocycles. The number of para-hydroxylation sites is 2. The minimum absolute atomic E-state index is 0.173. The van der Waals surface area contributed by atoms with E-state index < -0.39 is 10.0 Å². The van der Waals surface area contributed by atoms with Gasteiger partial charge in [-0.1, -0.05) is 36.4 Å². The second-order valence-corrected chi connectivity index (χ2v) is 8.67. The van der Waals surface area contributed by atoms with Crippen LogP contribution in [-0.2, 0) is 14.8 Å². The monoisotopic (exact) mass is 424 g/mol. The van der Waals surface area contributed by atoms with Crippen LogP contribution in [-0.4, -0.2) is 27.1 Å². The first-order valence-electron chi connectivity index (χ1n) is 9.57. The summed E-state index contributed by atoms with van der Waals surface area (Å²) in [6.07, 6.45) is 1.78. The number of hydrogen-bond donors (Lipinski definition) is 1. The van der Waals surface area contributed by atoms with Gasteiger partial charge in [-0.3, -0.25) is 9.10 Å². The zero-order chi connectivity index (χ0) is 21.4. The summed E-state index contributed by atoms with van der Waals surface area (Å²) in [6.45, 7) is 0.236. The summed E-state index contributed by atoms with van der Waals surface area (Å²) in [6, 6.07) is 25.4. The van der Waals surface area contributed by atoms with Crippen LogP contribution < -0.4 is 14.4 Å². The third kappa shape index (κ3) is 6.35. The smallest absolute Gasteiger partial charge is 0.232 e. The standard InChI is InChI=1S/C23H24N2O4S/c1-30(27,28)25(20-9-4-2-5-10-20)18-8-13-23(26)24-19-14-16-22(17-15-19)29-21-11-6-3-7-12-21/h2-7,9-12,14-17H,8,13,18H2,1H3,(H,24,26). The maximum Gasteiger partial charge on any atom is 0.232 e. The molecule has 0 spiro atoms. The lowest BCUT2D eigenvalue weighted by atomic mass is 10.2. The van der Waals surface area contributed by atoms with Gasteiger partial charge in [0.25, 0.3) is 0 Å². The van der Waals surface area contributed by atoms with Crippen molar-refractivity contribution in [2.24, 2.45) is 0 Å². The van der Waals surface area contributed by atoms with E-state index in [4.69, 9.17) is 4.74 Å². The van der Waals surface area contributed by atoms with E-state index in [-0.39, 0.29) is 18.9 Å². The molecular formula is C23H24N2O4S. The van der Waals surface area contributed by atoms with Crippen LogP contribution in [0.5, 0.6) is 11.5 Å². The first kappa shape index (κ1) is 21.4. The van der Waals surface area contributed by atoms with Crippen molar-refractivity contribution in [1.29, 1.82) is 0 Å². The van der Waals surface area contributed by atoms with Gasteiger partial charge in [0.05, 0.1) is 11.9 Å². The molecule has 0 aromatic heterocycles. The number of carbonyl (C=O) groups excluding carboxylic acids is 1. The van der Waals surface area contributed by atoms with Gasteiger partial charge in [-0.2, -0.15) is 0 Å². The molecule has 30 heavy (non-hydrogen) atoms. The molecule has 0 aliphatic heterocycles. The molecule has 6 nitrogen and oxygen atoms in total. The normalized spacial score (nSPS) is 11.0. The number of carbonyl (C=O) groups is 1. The minimum Gasteiger partial charge on any atom is -0.457 e. The third-order valence-corrected chi connectivity index (χ3v) is 5.52. The van der Waals surface area contributed by atoms with Gasteiger partial charge in [-0.05, 0) is 55.0 Å². The van der Waals surface area contributed by atoms with Gasteiger partial charge in [-0.15, -0.1) is 0 Å². The number of sulfonamides is 1. The topological polar surface area (TPSA) is 75.7 Å². The molecule has 3 aromatic carbocycles. The Labute approximate surface area is 177 Å². The predicted octanol–water partition coefficient (Wildman–Crippen LogP) is 4.66. The molecule has 0 heterocycles. The van der Waals surface area contributed by atoms with E-state index in [9.17, 15) is 13.2 Å².